The molecule has 0 saturated carbocycles. The van der Waals surface area contributed by atoms with Gasteiger partial charge in [-0.15, -0.1) is 0 Å². The van der Waals surface area contributed by atoms with E-state index in [1.807, 2.05) is 54.9 Å². The molecule has 6 rings (SSSR count). The van der Waals surface area contributed by atoms with Crippen molar-refractivity contribution in [2.24, 2.45) is 7.05 Å². The van der Waals surface area contributed by atoms with E-state index in [1.165, 1.54) is 6.33 Å². The largest absolute Gasteiger partial charge is 0.457 e. The average molecular weight is 469 g/mol. The van der Waals surface area contributed by atoms with E-state index < -0.39 is 0 Å². The zero-order valence-electron chi connectivity index (χ0n) is 19.5. The maximum absolute atomic E-state index is 6.15. The van der Waals surface area contributed by atoms with Crippen LogP contribution in [0.2, 0.25) is 0 Å². The number of imidazole rings is 1. The summed E-state index contributed by atoms with van der Waals surface area (Å²) in [5, 5.41) is 3.38. The Kier molecular flexibility index (Phi) is 5.34. The number of aryl methyl sites for hydroxylation is 2. The Morgan fingerprint density at radius 3 is 2.71 bits per heavy atom. The monoisotopic (exact) mass is 468 g/mol. The highest BCUT2D eigenvalue weighted by Crippen LogP contribution is 2.31. The first-order valence-corrected chi connectivity index (χ1v) is 11.4. The van der Waals surface area contributed by atoms with Gasteiger partial charge in [-0.05, 0) is 42.8 Å². The minimum Gasteiger partial charge on any atom is -0.457 e. The van der Waals surface area contributed by atoms with Crippen molar-refractivity contribution in [1.29, 1.82) is 0 Å². The molecule has 1 aliphatic heterocycles. The van der Waals surface area contributed by atoms with Crippen LogP contribution in [0.3, 0.4) is 0 Å². The molecule has 0 atom stereocenters. The fraction of sp³-hybridized carbons (Fsp3) is 0.240. The molecule has 0 aliphatic carbocycles. The molecule has 35 heavy (non-hydrogen) atoms. The van der Waals surface area contributed by atoms with E-state index in [0.29, 0.717) is 36.0 Å². The minimum absolute atomic E-state index is 0.626. The van der Waals surface area contributed by atoms with Crippen LogP contribution in [0, 0.1) is 6.92 Å². The summed E-state index contributed by atoms with van der Waals surface area (Å²) in [6.07, 6.45) is 5.05. The van der Waals surface area contributed by atoms with E-state index in [-0.39, 0.29) is 0 Å². The summed E-state index contributed by atoms with van der Waals surface area (Å²) in [6, 6.07) is 11.8. The molecule has 1 aliphatic rings. The van der Waals surface area contributed by atoms with Crippen molar-refractivity contribution in [2.45, 2.75) is 6.92 Å². The molecule has 5 aromatic rings. The smallest absolute Gasteiger partial charge is 0.226 e. The predicted octanol–water partition coefficient (Wildman–Crippen LogP) is 3.99. The van der Waals surface area contributed by atoms with Crippen LogP contribution in [0.1, 0.15) is 5.56 Å². The lowest BCUT2D eigenvalue weighted by molar-refractivity contribution is 0.122. The summed E-state index contributed by atoms with van der Waals surface area (Å²) in [5.41, 5.74) is 5.17. The van der Waals surface area contributed by atoms with E-state index in [4.69, 9.17) is 14.5 Å². The zero-order chi connectivity index (χ0) is 23.8. The Morgan fingerprint density at radius 2 is 1.86 bits per heavy atom. The first kappa shape index (κ1) is 21.2. The van der Waals surface area contributed by atoms with Gasteiger partial charge in [0.05, 0.1) is 36.8 Å². The molecule has 3 aromatic heterocycles. The average Bonchev–Trinajstić information content (AvgIpc) is 3.26. The number of nitrogens with zero attached hydrogens (tertiary/aromatic N) is 7. The van der Waals surface area contributed by atoms with Gasteiger partial charge in [0, 0.05) is 31.9 Å². The Bertz CT molecular complexity index is 1530. The van der Waals surface area contributed by atoms with E-state index in [1.54, 1.807) is 12.5 Å². The number of ether oxygens (including phenoxy) is 2. The maximum Gasteiger partial charge on any atom is 0.226 e. The van der Waals surface area contributed by atoms with Crippen LogP contribution < -0.4 is 15.0 Å². The van der Waals surface area contributed by atoms with Crippen LogP contribution in [0.4, 0.5) is 17.5 Å². The van der Waals surface area contributed by atoms with Crippen molar-refractivity contribution in [3.05, 3.63) is 60.8 Å². The van der Waals surface area contributed by atoms with Crippen LogP contribution in [0.25, 0.3) is 22.1 Å². The van der Waals surface area contributed by atoms with Crippen molar-refractivity contribution < 1.29 is 9.47 Å². The van der Waals surface area contributed by atoms with Gasteiger partial charge in [0.15, 0.2) is 5.82 Å². The Hall–Kier alpha value is -4.31. The lowest BCUT2D eigenvalue weighted by Gasteiger charge is -2.26. The second kappa shape index (κ2) is 8.80. The predicted molar refractivity (Wildman–Crippen MR) is 133 cm³/mol. The molecule has 2 aromatic carbocycles. The van der Waals surface area contributed by atoms with E-state index in [0.717, 1.165) is 46.9 Å². The molecule has 0 radical (unpaired) electrons. The molecule has 4 heterocycles. The van der Waals surface area contributed by atoms with Crippen LogP contribution >= 0.6 is 0 Å². The third-order valence-electron chi connectivity index (χ3n) is 6.02. The van der Waals surface area contributed by atoms with Gasteiger partial charge in [-0.1, -0.05) is 0 Å². The third-order valence-corrected chi connectivity index (χ3v) is 6.02. The van der Waals surface area contributed by atoms with Crippen molar-refractivity contribution in [3.8, 4) is 11.5 Å². The lowest BCUT2D eigenvalue weighted by atomic mass is 10.2. The van der Waals surface area contributed by atoms with Crippen molar-refractivity contribution >= 4 is 39.5 Å². The number of nitrogens with one attached hydrogen (secondary N) is 1. The fourth-order valence-corrected chi connectivity index (χ4v) is 4.14. The highest BCUT2D eigenvalue weighted by molar-refractivity contribution is 5.87. The van der Waals surface area contributed by atoms with Gasteiger partial charge in [-0.3, -0.25) is 0 Å². The molecule has 10 nitrogen and oxygen atoms in total. The van der Waals surface area contributed by atoms with Gasteiger partial charge in [-0.25, -0.2) is 24.9 Å². The molecule has 10 heteroatoms. The lowest BCUT2D eigenvalue weighted by Crippen LogP contribution is -2.37. The van der Waals surface area contributed by atoms with Crippen LogP contribution in [-0.4, -0.2) is 55.8 Å². The summed E-state index contributed by atoms with van der Waals surface area (Å²) >= 11 is 0. The molecule has 0 amide bonds. The maximum atomic E-state index is 6.15. The zero-order valence-corrected chi connectivity index (χ0v) is 19.5. The first-order chi connectivity index (χ1) is 17.1. The quantitative estimate of drug-likeness (QED) is 0.410. The molecule has 0 bridgehead atoms. The molecule has 176 valence electrons. The number of morpholine rings is 1. The number of fused-ring (bicyclic) bond motifs is 2. The molecule has 1 fully saturated rings. The van der Waals surface area contributed by atoms with Crippen LogP contribution in [0.15, 0.2) is 55.2 Å². The molecule has 0 spiro atoms. The van der Waals surface area contributed by atoms with Crippen molar-refractivity contribution in [1.82, 2.24) is 29.5 Å². The summed E-state index contributed by atoms with van der Waals surface area (Å²) in [7, 11) is 1.97. The number of hydrogen-bond acceptors (Lipinski definition) is 9. The molecule has 1 saturated heterocycles. The number of aromatic nitrogens is 6. The van der Waals surface area contributed by atoms with E-state index in [2.05, 4.69) is 30.2 Å². The SMILES string of the molecule is Cc1cc(Nc2ncnc3cnc(N4CCOCC4)nc23)ccc1Oc1ccc2c(c1)ncn2C. The molecular weight excluding hydrogens is 444 g/mol. The van der Waals surface area contributed by atoms with Crippen molar-refractivity contribution in [2.75, 3.05) is 36.5 Å². The third kappa shape index (κ3) is 4.19. The second-order valence-electron chi connectivity index (χ2n) is 8.44. The fourth-order valence-electron chi connectivity index (χ4n) is 4.14. The molecule has 1 N–H and O–H groups in total. The summed E-state index contributed by atoms with van der Waals surface area (Å²) < 4.78 is 13.6. The highest BCUT2D eigenvalue weighted by Gasteiger charge is 2.16. The Balaban J connectivity index is 1.25. The Morgan fingerprint density at radius 1 is 0.971 bits per heavy atom. The first-order valence-electron chi connectivity index (χ1n) is 11.4. The number of benzene rings is 2. The normalized spacial score (nSPS) is 13.9. The molecular formula is C25H24N8O2. The minimum atomic E-state index is 0.626. The van der Waals surface area contributed by atoms with Gasteiger partial charge >= 0.3 is 0 Å². The number of anilines is 3. The van der Waals surface area contributed by atoms with Crippen LogP contribution in [0.5, 0.6) is 11.5 Å². The van der Waals surface area contributed by atoms with E-state index >= 15 is 0 Å². The summed E-state index contributed by atoms with van der Waals surface area (Å²) in [4.78, 5) is 24.5. The van der Waals surface area contributed by atoms with Gasteiger partial charge in [0.1, 0.15) is 28.9 Å². The van der Waals surface area contributed by atoms with Gasteiger partial charge in [0.25, 0.3) is 0 Å². The van der Waals surface area contributed by atoms with Gasteiger partial charge < -0.3 is 24.3 Å². The van der Waals surface area contributed by atoms with Gasteiger partial charge in [0.2, 0.25) is 5.95 Å². The summed E-state index contributed by atoms with van der Waals surface area (Å²) in [5.74, 6) is 2.80. The summed E-state index contributed by atoms with van der Waals surface area (Å²) in [6.45, 7) is 4.87. The van der Waals surface area contributed by atoms with Crippen molar-refractivity contribution in [3.63, 3.8) is 0 Å². The topological polar surface area (TPSA) is 103 Å². The molecule has 0 unspecified atom stereocenters. The number of hydrogen-bond donors (Lipinski definition) is 1. The van der Waals surface area contributed by atoms with E-state index in [9.17, 15) is 0 Å². The second-order valence-corrected chi connectivity index (χ2v) is 8.44. The van der Waals surface area contributed by atoms with Crippen LogP contribution in [-0.2, 0) is 11.8 Å². The Labute approximate surface area is 201 Å². The number of rotatable bonds is 5. The highest BCUT2D eigenvalue weighted by atomic mass is 16.5. The standard InChI is InChI=1S/C25H24N8O2/c1-16-11-17(3-6-22(16)35-18-4-5-21-19(12-18)29-15-32(21)2)30-24-23-20(27-14-28-24)13-26-25(31-23)33-7-9-34-10-8-33/h3-6,11-15H,7-10H2,1-2H3,(H,27,28,30). The van der Waals surface area contributed by atoms with Gasteiger partial charge in [-0.2, -0.15) is 0 Å².